The largest absolute Gasteiger partial charge is 0.504 e. The molecular weight excluding hydrogens is 284 g/mol. The Balaban J connectivity index is 3.12. The molecule has 0 aromatic heterocycles. The first-order chi connectivity index (χ1) is 10.5. The summed E-state index contributed by atoms with van der Waals surface area (Å²) in [5.74, 6) is -1.22. The third kappa shape index (κ3) is 5.24. The third-order valence-corrected chi connectivity index (χ3v) is 2.82. The number of phenolic OH excluding ortho intramolecular Hbond substituents is 1. The maximum Gasteiger partial charge on any atom is 0.311 e. The molecule has 0 unspecified atom stereocenters. The van der Waals surface area contributed by atoms with Gasteiger partial charge in [-0.25, -0.2) is 0 Å². The molecule has 0 atom stereocenters. The monoisotopic (exact) mass is 306 g/mol. The summed E-state index contributed by atoms with van der Waals surface area (Å²) in [4.78, 5) is 23.3. The summed E-state index contributed by atoms with van der Waals surface area (Å²) in [5.41, 5.74) is 0.710. The van der Waals surface area contributed by atoms with Crippen LogP contribution in [-0.2, 0) is 16.0 Å². The molecule has 1 aromatic rings. The van der Waals surface area contributed by atoms with E-state index in [1.54, 1.807) is 12.1 Å². The molecule has 0 amide bonds. The minimum atomic E-state index is -0.484. The molecule has 5 heteroatoms. The summed E-state index contributed by atoms with van der Waals surface area (Å²) < 4.78 is 10.4. The lowest BCUT2D eigenvalue weighted by atomic mass is 10.1. The first kappa shape index (κ1) is 17.8. The predicted octanol–water partition coefficient (Wildman–Crippen LogP) is 3.53. The lowest BCUT2D eigenvalue weighted by Gasteiger charge is -2.13. The Bertz CT molecular complexity index is 548. The molecule has 0 bridgehead atoms. The Morgan fingerprint density at radius 1 is 1.14 bits per heavy atom. The SMILES string of the molecule is C=CCc1cc(O)c(OC(=O)CCC)c(OC(=O)CCC)c1. The number of rotatable bonds is 8. The highest BCUT2D eigenvalue weighted by Crippen LogP contribution is 2.38. The summed E-state index contributed by atoms with van der Waals surface area (Å²) in [7, 11) is 0. The molecule has 1 aromatic carbocycles. The summed E-state index contributed by atoms with van der Waals surface area (Å²) in [6.45, 7) is 7.33. The maximum atomic E-state index is 11.7. The average Bonchev–Trinajstić information content (AvgIpc) is 2.43. The second-order valence-corrected chi connectivity index (χ2v) is 4.88. The topological polar surface area (TPSA) is 72.8 Å². The van der Waals surface area contributed by atoms with Crippen LogP contribution in [0.3, 0.4) is 0 Å². The first-order valence-electron chi connectivity index (χ1n) is 7.39. The van der Waals surface area contributed by atoms with Crippen LogP contribution < -0.4 is 9.47 Å². The number of esters is 2. The Hall–Kier alpha value is -2.30. The second kappa shape index (κ2) is 8.87. The van der Waals surface area contributed by atoms with Crippen molar-refractivity contribution in [1.82, 2.24) is 0 Å². The van der Waals surface area contributed by atoms with E-state index in [1.807, 2.05) is 13.8 Å². The molecule has 0 radical (unpaired) electrons. The number of carbonyl (C=O) groups excluding carboxylic acids is 2. The van der Waals surface area contributed by atoms with Crippen LogP contribution >= 0.6 is 0 Å². The Morgan fingerprint density at radius 2 is 1.73 bits per heavy atom. The van der Waals surface area contributed by atoms with Crippen LogP contribution in [0.1, 0.15) is 45.1 Å². The molecule has 5 nitrogen and oxygen atoms in total. The molecule has 0 aliphatic heterocycles. The Morgan fingerprint density at radius 3 is 2.27 bits per heavy atom. The average molecular weight is 306 g/mol. The molecule has 0 heterocycles. The van der Waals surface area contributed by atoms with Gasteiger partial charge in [-0.1, -0.05) is 19.9 Å². The van der Waals surface area contributed by atoms with Gasteiger partial charge in [0.2, 0.25) is 5.75 Å². The number of benzene rings is 1. The van der Waals surface area contributed by atoms with Gasteiger partial charge in [0.25, 0.3) is 0 Å². The van der Waals surface area contributed by atoms with E-state index in [2.05, 4.69) is 6.58 Å². The van der Waals surface area contributed by atoms with Crippen molar-refractivity contribution in [3.63, 3.8) is 0 Å². The Kier molecular flexibility index (Phi) is 7.16. The molecule has 0 spiro atoms. The normalized spacial score (nSPS) is 10.1. The van der Waals surface area contributed by atoms with Crippen LogP contribution in [0, 0.1) is 0 Å². The van der Waals surface area contributed by atoms with Gasteiger partial charge in [0.15, 0.2) is 11.5 Å². The van der Waals surface area contributed by atoms with Gasteiger partial charge in [-0.2, -0.15) is 0 Å². The fraction of sp³-hybridized carbons (Fsp3) is 0.412. The van der Waals surface area contributed by atoms with Crippen LogP contribution in [0.4, 0.5) is 0 Å². The smallest absolute Gasteiger partial charge is 0.311 e. The highest BCUT2D eigenvalue weighted by atomic mass is 16.6. The van der Waals surface area contributed by atoms with E-state index in [0.717, 1.165) is 0 Å². The van der Waals surface area contributed by atoms with Gasteiger partial charge >= 0.3 is 11.9 Å². The van der Waals surface area contributed by atoms with Gasteiger partial charge in [-0.05, 0) is 37.0 Å². The molecule has 0 saturated carbocycles. The predicted molar refractivity (Wildman–Crippen MR) is 83.1 cm³/mol. The van der Waals surface area contributed by atoms with Gasteiger partial charge in [-0.15, -0.1) is 6.58 Å². The van der Waals surface area contributed by atoms with E-state index in [9.17, 15) is 14.7 Å². The number of ether oxygens (including phenoxy) is 2. The number of allylic oxidation sites excluding steroid dienone is 1. The quantitative estimate of drug-likeness (QED) is 0.452. The van der Waals surface area contributed by atoms with E-state index in [-0.39, 0.29) is 30.1 Å². The molecule has 0 fully saturated rings. The van der Waals surface area contributed by atoms with Crippen molar-refractivity contribution in [3.05, 3.63) is 30.4 Å². The zero-order chi connectivity index (χ0) is 16.5. The van der Waals surface area contributed by atoms with E-state index >= 15 is 0 Å². The van der Waals surface area contributed by atoms with Gasteiger partial charge in [-0.3, -0.25) is 9.59 Å². The van der Waals surface area contributed by atoms with Crippen molar-refractivity contribution < 1.29 is 24.2 Å². The van der Waals surface area contributed by atoms with Crippen LogP contribution in [0.25, 0.3) is 0 Å². The molecule has 0 aliphatic carbocycles. The van der Waals surface area contributed by atoms with Gasteiger partial charge < -0.3 is 14.6 Å². The lowest BCUT2D eigenvalue weighted by Crippen LogP contribution is -2.12. The van der Waals surface area contributed by atoms with Crippen LogP contribution in [0.5, 0.6) is 17.2 Å². The summed E-state index contributed by atoms with van der Waals surface area (Å²) >= 11 is 0. The van der Waals surface area contributed by atoms with Crippen LogP contribution in [-0.4, -0.2) is 17.0 Å². The standard InChI is InChI=1S/C17H22O5/c1-4-7-12-10-13(18)17(22-16(20)9-6-3)14(11-12)21-15(19)8-5-2/h4,10-11,18H,1,5-9H2,2-3H3. The fourth-order valence-electron chi connectivity index (χ4n) is 1.85. The van der Waals surface area contributed by atoms with Crippen molar-refractivity contribution >= 4 is 11.9 Å². The highest BCUT2D eigenvalue weighted by Gasteiger charge is 2.18. The van der Waals surface area contributed by atoms with Crippen molar-refractivity contribution in [2.24, 2.45) is 0 Å². The lowest BCUT2D eigenvalue weighted by molar-refractivity contribution is -0.137. The molecule has 1 N–H and O–H groups in total. The zero-order valence-corrected chi connectivity index (χ0v) is 13.1. The molecule has 22 heavy (non-hydrogen) atoms. The number of aromatic hydroxyl groups is 1. The summed E-state index contributed by atoms with van der Waals surface area (Å²) in [6.07, 6.45) is 3.89. The highest BCUT2D eigenvalue weighted by molar-refractivity contribution is 5.77. The van der Waals surface area contributed by atoms with Crippen molar-refractivity contribution in [2.45, 2.75) is 46.0 Å². The molecule has 0 saturated heterocycles. The van der Waals surface area contributed by atoms with E-state index in [0.29, 0.717) is 24.8 Å². The summed E-state index contributed by atoms with van der Waals surface area (Å²) in [6, 6.07) is 3.04. The van der Waals surface area contributed by atoms with Gasteiger partial charge in [0.05, 0.1) is 0 Å². The zero-order valence-electron chi connectivity index (χ0n) is 13.1. The molecule has 1 rings (SSSR count). The minimum Gasteiger partial charge on any atom is -0.504 e. The maximum absolute atomic E-state index is 11.7. The second-order valence-electron chi connectivity index (χ2n) is 4.88. The number of carbonyl (C=O) groups is 2. The number of hydrogen-bond acceptors (Lipinski definition) is 5. The summed E-state index contributed by atoms with van der Waals surface area (Å²) in [5, 5.41) is 10.1. The van der Waals surface area contributed by atoms with E-state index in [1.165, 1.54) is 6.07 Å². The molecule has 120 valence electrons. The van der Waals surface area contributed by atoms with Gasteiger partial charge in [0, 0.05) is 12.8 Å². The number of phenols is 1. The van der Waals surface area contributed by atoms with Crippen molar-refractivity contribution in [1.29, 1.82) is 0 Å². The van der Waals surface area contributed by atoms with E-state index in [4.69, 9.17) is 9.47 Å². The van der Waals surface area contributed by atoms with Crippen LogP contribution in [0.15, 0.2) is 24.8 Å². The van der Waals surface area contributed by atoms with Crippen molar-refractivity contribution in [2.75, 3.05) is 0 Å². The number of hydrogen-bond donors (Lipinski definition) is 1. The Labute approximate surface area is 130 Å². The fourth-order valence-corrected chi connectivity index (χ4v) is 1.85. The van der Waals surface area contributed by atoms with E-state index < -0.39 is 11.9 Å². The first-order valence-corrected chi connectivity index (χ1v) is 7.39. The van der Waals surface area contributed by atoms with Crippen LogP contribution in [0.2, 0.25) is 0 Å². The molecule has 0 aliphatic rings. The minimum absolute atomic E-state index is 0.0553. The van der Waals surface area contributed by atoms with Gasteiger partial charge in [0.1, 0.15) is 0 Å². The molecular formula is C17H22O5. The van der Waals surface area contributed by atoms with Crippen molar-refractivity contribution in [3.8, 4) is 17.2 Å². The third-order valence-electron chi connectivity index (χ3n) is 2.82.